The number of hydrogen-bond donors (Lipinski definition) is 0. The summed E-state index contributed by atoms with van der Waals surface area (Å²) in [5.41, 5.74) is 10.6. The van der Waals surface area contributed by atoms with Gasteiger partial charge in [0.05, 0.1) is 0 Å². The van der Waals surface area contributed by atoms with E-state index in [1.807, 2.05) is 30.3 Å². The fourth-order valence-electron chi connectivity index (χ4n) is 1.77. The maximum atomic E-state index is 8.35. The molecule has 6 heteroatoms. The van der Waals surface area contributed by atoms with Gasteiger partial charge in [0.25, 0.3) is 5.89 Å². The Bertz CT molecular complexity index is 758. The van der Waals surface area contributed by atoms with Crippen LogP contribution in [0.5, 0.6) is 0 Å². The van der Waals surface area contributed by atoms with E-state index in [0.717, 1.165) is 11.1 Å². The minimum Gasteiger partial charge on any atom is -0.334 e. The van der Waals surface area contributed by atoms with Crippen molar-refractivity contribution >= 4 is 5.69 Å². The highest BCUT2D eigenvalue weighted by Crippen LogP contribution is 2.23. The van der Waals surface area contributed by atoms with E-state index in [9.17, 15) is 0 Å². The third-order valence-electron chi connectivity index (χ3n) is 2.73. The number of aromatic nitrogens is 2. The first-order valence-electron chi connectivity index (χ1n) is 5.91. The second-order valence-corrected chi connectivity index (χ2v) is 4.03. The summed E-state index contributed by atoms with van der Waals surface area (Å²) in [6, 6.07) is 16.5. The molecule has 6 nitrogen and oxygen atoms in total. The lowest BCUT2D eigenvalue weighted by molar-refractivity contribution is 0.432. The molecule has 3 rings (SSSR count). The predicted molar refractivity (Wildman–Crippen MR) is 74.0 cm³/mol. The predicted octanol–water partition coefficient (Wildman–Crippen LogP) is 4.35. The normalized spacial score (nSPS) is 10.0. The smallest absolute Gasteiger partial charge is 0.258 e. The molecule has 0 aliphatic rings. The van der Waals surface area contributed by atoms with Gasteiger partial charge in [0.2, 0.25) is 5.82 Å². The minimum absolute atomic E-state index is 0.472. The monoisotopic (exact) mass is 263 g/mol. The molecule has 0 radical (unpaired) electrons. The number of nitrogens with zero attached hydrogens (tertiary/aromatic N) is 5. The zero-order valence-corrected chi connectivity index (χ0v) is 10.3. The Kier molecular flexibility index (Phi) is 3.14. The molecule has 2 aromatic carbocycles. The summed E-state index contributed by atoms with van der Waals surface area (Å²) in [5.74, 6) is 0.969. The molecule has 0 saturated heterocycles. The van der Waals surface area contributed by atoms with Crippen LogP contribution >= 0.6 is 0 Å². The van der Waals surface area contributed by atoms with Crippen molar-refractivity contribution in [3.8, 4) is 22.8 Å². The molecule has 0 aliphatic carbocycles. The van der Waals surface area contributed by atoms with Gasteiger partial charge in [-0.2, -0.15) is 4.98 Å². The lowest BCUT2D eigenvalue weighted by atomic mass is 10.2. The second kappa shape index (κ2) is 5.26. The van der Waals surface area contributed by atoms with Gasteiger partial charge in [-0.25, -0.2) is 0 Å². The zero-order valence-electron chi connectivity index (χ0n) is 10.3. The van der Waals surface area contributed by atoms with Crippen LogP contribution < -0.4 is 0 Å². The molecule has 0 aliphatic heterocycles. The van der Waals surface area contributed by atoms with Crippen LogP contribution in [0, 0.1) is 0 Å². The number of rotatable bonds is 3. The van der Waals surface area contributed by atoms with Crippen molar-refractivity contribution < 1.29 is 4.52 Å². The van der Waals surface area contributed by atoms with Gasteiger partial charge in [0, 0.05) is 21.7 Å². The molecular weight excluding hydrogens is 254 g/mol. The topological polar surface area (TPSA) is 87.7 Å². The van der Waals surface area contributed by atoms with E-state index >= 15 is 0 Å². The molecule has 20 heavy (non-hydrogen) atoms. The summed E-state index contributed by atoms with van der Waals surface area (Å²) in [7, 11) is 0. The molecule has 1 aromatic heterocycles. The Morgan fingerprint density at radius 1 is 0.950 bits per heavy atom. The number of benzene rings is 2. The quantitative estimate of drug-likeness (QED) is 0.400. The van der Waals surface area contributed by atoms with Gasteiger partial charge in [-0.05, 0) is 17.7 Å². The molecule has 0 atom stereocenters. The average Bonchev–Trinajstić information content (AvgIpc) is 2.99. The molecule has 0 fully saturated rings. The van der Waals surface area contributed by atoms with Crippen molar-refractivity contribution in [2.45, 2.75) is 0 Å². The fourth-order valence-corrected chi connectivity index (χ4v) is 1.77. The number of azide groups is 1. The van der Waals surface area contributed by atoms with Crippen LogP contribution in [0.1, 0.15) is 0 Å². The largest absolute Gasteiger partial charge is 0.334 e. The Morgan fingerprint density at radius 2 is 1.70 bits per heavy atom. The third-order valence-corrected chi connectivity index (χ3v) is 2.73. The van der Waals surface area contributed by atoms with Gasteiger partial charge in [-0.15, -0.1) is 0 Å². The van der Waals surface area contributed by atoms with Crippen molar-refractivity contribution in [3.63, 3.8) is 0 Å². The van der Waals surface area contributed by atoms with Crippen LogP contribution in [0.25, 0.3) is 33.3 Å². The average molecular weight is 263 g/mol. The SMILES string of the molecule is [N-]=[N+]=Nc1ccc(-c2noc(-c3ccccc3)n2)cc1. The molecule has 0 spiro atoms. The van der Waals surface area contributed by atoms with Gasteiger partial charge in [0.15, 0.2) is 0 Å². The van der Waals surface area contributed by atoms with Crippen molar-refractivity contribution in [3.05, 3.63) is 65.0 Å². The molecular formula is C14H9N5O. The van der Waals surface area contributed by atoms with Crippen molar-refractivity contribution in [2.24, 2.45) is 5.11 Å². The summed E-state index contributed by atoms with van der Waals surface area (Å²) in [5, 5.41) is 7.46. The molecule has 0 N–H and O–H groups in total. The first-order valence-corrected chi connectivity index (χ1v) is 5.91. The Hall–Kier alpha value is -3.11. The molecule has 1 heterocycles. The first-order chi connectivity index (χ1) is 9.86. The van der Waals surface area contributed by atoms with Crippen LogP contribution in [0.2, 0.25) is 0 Å². The molecule has 0 saturated carbocycles. The maximum Gasteiger partial charge on any atom is 0.258 e. The summed E-state index contributed by atoms with van der Waals surface area (Å²) in [4.78, 5) is 7.07. The van der Waals surface area contributed by atoms with E-state index in [1.54, 1.807) is 24.3 Å². The molecule has 0 amide bonds. The molecule has 0 unspecified atom stereocenters. The van der Waals surface area contributed by atoms with E-state index in [0.29, 0.717) is 17.4 Å². The van der Waals surface area contributed by atoms with E-state index in [2.05, 4.69) is 20.2 Å². The van der Waals surface area contributed by atoms with Gasteiger partial charge in [-0.1, -0.05) is 52.7 Å². The lowest BCUT2D eigenvalue weighted by Gasteiger charge is -1.94. The number of hydrogen-bond acceptors (Lipinski definition) is 4. The highest BCUT2D eigenvalue weighted by atomic mass is 16.5. The Morgan fingerprint density at radius 3 is 2.40 bits per heavy atom. The van der Waals surface area contributed by atoms with Gasteiger partial charge >= 0.3 is 0 Å². The van der Waals surface area contributed by atoms with E-state index in [1.165, 1.54) is 0 Å². The highest BCUT2D eigenvalue weighted by molar-refractivity contribution is 5.61. The molecule has 3 aromatic rings. The summed E-state index contributed by atoms with van der Waals surface area (Å²) in [6.07, 6.45) is 0. The van der Waals surface area contributed by atoms with Gasteiger partial charge < -0.3 is 4.52 Å². The first kappa shape index (κ1) is 12.0. The zero-order chi connectivity index (χ0) is 13.8. The minimum atomic E-state index is 0.472. The van der Waals surface area contributed by atoms with Crippen LogP contribution in [-0.2, 0) is 0 Å². The van der Waals surface area contributed by atoms with E-state index in [-0.39, 0.29) is 0 Å². The summed E-state index contributed by atoms with van der Waals surface area (Å²) >= 11 is 0. The van der Waals surface area contributed by atoms with Gasteiger partial charge in [-0.3, -0.25) is 0 Å². The van der Waals surface area contributed by atoms with Crippen LogP contribution in [-0.4, -0.2) is 10.1 Å². The molecule has 0 bridgehead atoms. The van der Waals surface area contributed by atoms with Crippen molar-refractivity contribution in [1.82, 2.24) is 10.1 Å². The van der Waals surface area contributed by atoms with Gasteiger partial charge in [0.1, 0.15) is 0 Å². The van der Waals surface area contributed by atoms with Crippen LogP contribution in [0.3, 0.4) is 0 Å². The van der Waals surface area contributed by atoms with Crippen molar-refractivity contribution in [2.75, 3.05) is 0 Å². The molecule has 96 valence electrons. The fraction of sp³-hybridized carbons (Fsp3) is 0. The summed E-state index contributed by atoms with van der Waals surface area (Å²) < 4.78 is 5.24. The lowest BCUT2D eigenvalue weighted by Crippen LogP contribution is -1.80. The standard InChI is InChI=1S/C14H9N5O/c15-19-17-12-8-6-10(7-9-12)13-16-14(20-18-13)11-4-2-1-3-5-11/h1-9H. The van der Waals surface area contributed by atoms with Crippen LogP contribution in [0.4, 0.5) is 5.69 Å². The second-order valence-electron chi connectivity index (χ2n) is 4.03. The Labute approximate surface area is 114 Å². The summed E-state index contributed by atoms with van der Waals surface area (Å²) in [6.45, 7) is 0. The Balaban J connectivity index is 1.92. The van der Waals surface area contributed by atoms with Crippen LogP contribution in [0.15, 0.2) is 64.2 Å². The maximum absolute atomic E-state index is 8.35. The highest BCUT2D eigenvalue weighted by Gasteiger charge is 2.09. The van der Waals surface area contributed by atoms with E-state index < -0.39 is 0 Å². The van der Waals surface area contributed by atoms with E-state index in [4.69, 9.17) is 10.1 Å². The van der Waals surface area contributed by atoms with Crippen molar-refractivity contribution in [1.29, 1.82) is 0 Å². The third kappa shape index (κ3) is 2.36.